The Morgan fingerprint density at radius 3 is 2.07 bits per heavy atom. The van der Waals surface area contributed by atoms with Crippen molar-refractivity contribution in [3.05, 3.63) is 29.8 Å². The summed E-state index contributed by atoms with van der Waals surface area (Å²) in [7, 11) is 5.72. The normalized spacial score (nSPS) is 14.1. The molecule has 74 valence electrons. The molecule has 0 radical (unpaired) electrons. The summed E-state index contributed by atoms with van der Waals surface area (Å²) < 4.78 is 6.27. The van der Waals surface area contributed by atoms with Crippen molar-refractivity contribution in [1.29, 1.82) is 0 Å². The van der Waals surface area contributed by atoms with E-state index < -0.39 is 19.3 Å². The summed E-state index contributed by atoms with van der Waals surface area (Å²) in [5, 5.41) is 0. The molecule has 1 heterocycles. The molecule has 1 nitrogen and oxygen atoms in total. The summed E-state index contributed by atoms with van der Waals surface area (Å²) in [5.74, 6) is 0. The fourth-order valence-corrected chi connectivity index (χ4v) is 2.14. The van der Waals surface area contributed by atoms with Crippen LogP contribution in [0.15, 0.2) is 24.3 Å². The van der Waals surface area contributed by atoms with Gasteiger partial charge in [0.25, 0.3) is 0 Å². The summed E-state index contributed by atoms with van der Waals surface area (Å²) in [6.45, 7) is 4.08. The zero-order valence-corrected chi connectivity index (χ0v) is 10.8. The van der Waals surface area contributed by atoms with E-state index in [1.807, 2.05) is 0 Å². The summed E-state index contributed by atoms with van der Waals surface area (Å²) >= 11 is -0.453. The highest BCUT2D eigenvalue weighted by Gasteiger charge is 1.94. The van der Waals surface area contributed by atoms with E-state index in [1.165, 1.54) is 22.1 Å². The average Bonchev–Trinajstić information content (AvgIpc) is 2.77. The monoisotopic (exact) mass is 222 g/mol. The van der Waals surface area contributed by atoms with Crippen molar-refractivity contribution in [3.63, 3.8) is 0 Å². The van der Waals surface area contributed by atoms with Gasteiger partial charge in [-0.05, 0) is 19.8 Å². The molecule has 0 atom stereocenters. The van der Waals surface area contributed by atoms with E-state index in [-0.39, 0.29) is 0 Å². The molecular formula is C11H15ClMgO. The summed E-state index contributed by atoms with van der Waals surface area (Å²) in [5.41, 5.74) is 1.30. The molecule has 1 aromatic carbocycles. The van der Waals surface area contributed by atoms with Gasteiger partial charge in [0.2, 0.25) is 0 Å². The Hall–Kier alpha value is 0.236. The van der Waals surface area contributed by atoms with Crippen molar-refractivity contribution in [3.8, 4) is 0 Å². The molecule has 0 saturated carbocycles. The summed E-state index contributed by atoms with van der Waals surface area (Å²) in [6.07, 6.45) is 2.56. The van der Waals surface area contributed by atoms with E-state index in [0.29, 0.717) is 0 Å². The second-order valence-corrected chi connectivity index (χ2v) is 5.32. The van der Waals surface area contributed by atoms with E-state index in [2.05, 4.69) is 31.2 Å². The highest BCUT2D eigenvalue weighted by atomic mass is 35.5. The lowest BCUT2D eigenvalue weighted by Crippen LogP contribution is -2.06. The van der Waals surface area contributed by atoms with Crippen LogP contribution in [0, 0.1) is 6.92 Å². The molecule has 0 bridgehead atoms. The molecule has 3 heteroatoms. The fraction of sp³-hybridized carbons (Fsp3) is 0.455. The quantitative estimate of drug-likeness (QED) is 0.663. The molecule has 1 aromatic rings. The first-order valence-electron chi connectivity index (χ1n) is 5.02. The average molecular weight is 223 g/mol. The number of benzene rings is 1. The maximum Gasteiger partial charge on any atom is 0.538 e. The Labute approximate surface area is 99.3 Å². The zero-order valence-electron chi connectivity index (χ0n) is 8.63. The second-order valence-electron chi connectivity index (χ2n) is 3.44. The molecule has 0 spiro atoms. The van der Waals surface area contributed by atoms with Gasteiger partial charge in [0.05, 0.1) is 0 Å². The van der Waals surface area contributed by atoms with Crippen molar-refractivity contribution in [2.45, 2.75) is 19.8 Å². The first-order chi connectivity index (χ1) is 6.83. The van der Waals surface area contributed by atoms with Crippen LogP contribution in [0.1, 0.15) is 18.4 Å². The van der Waals surface area contributed by atoms with Gasteiger partial charge in [-0.3, -0.25) is 0 Å². The van der Waals surface area contributed by atoms with Crippen molar-refractivity contribution < 1.29 is 4.74 Å². The van der Waals surface area contributed by atoms with Gasteiger partial charge in [-0.1, -0.05) is 29.8 Å². The summed E-state index contributed by atoms with van der Waals surface area (Å²) in [6, 6.07) is 8.42. The largest absolute Gasteiger partial charge is 0.538 e. The van der Waals surface area contributed by atoms with E-state index in [9.17, 15) is 0 Å². The smallest absolute Gasteiger partial charge is 0.381 e. The van der Waals surface area contributed by atoms with Crippen molar-refractivity contribution in [1.82, 2.24) is 0 Å². The van der Waals surface area contributed by atoms with E-state index in [0.717, 1.165) is 13.2 Å². The van der Waals surface area contributed by atoms with Crippen LogP contribution in [-0.2, 0) is 4.74 Å². The third-order valence-corrected chi connectivity index (χ3v) is 3.81. The van der Waals surface area contributed by atoms with E-state index in [1.54, 1.807) is 0 Å². The first kappa shape index (κ1) is 12.3. The number of halogens is 1. The van der Waals surface area contributed by atoms with Crippen molar-refractivity contribution in [2.24, 2.45) is 0 Å². The van der Waals surface area contributed by atoms with Gasteiger partial charge in [-0.2, -0.15) is 0 Å². The third-order valence-electron chi connectivity index (χ3n) is 2.10. The molecule has 0 unspecified atom stereocenters. The lowest BCUT2D eigenvalue weighted by molar-refractivity contribution is 0.198. The van der Waals surface area contributed by atoms with Crippen LogP contribution < -0.4 is 3.69 Å². The lowest BCUT2D eigenvalue weighted by Gasteiger charge is -1.93. The highest BCUT2D eigenvalue weighted by molar-refractivity contribution is 7.01. The predicted molar refractivity (Wildman–Crippen MR) is 62.5 cm³/mol. The number of hydrogen-bond acceptors (Lipinski definition) is 1. The van der Waals surface area contributed by atoms with Crippen LogP contribution in [0.5, 0.6) is 0 Å². The number of aryl methyl sites for hydroxylation is 1. The molecule has 2 rings (SSSR count). The number of hydrogen-bond donors (Lipinski definition) is 0. The predicted octanol–water partition coefficient (Wildman–Crippen LogP) is 2.28. The standard InChI is InChI=1S/C7H7.C4H8O.ClH.Mg/c1-7-5-3-2-4-6-7;1-2-4-5-3-1;;/h3-6H,1H3;1-4H2;1H;/q;;;+1/p-1. The van der Waals surface area contributed by atoms with Crippen molar-refractivity contribution >= 4 is 32.0 Å². The van der Waals surface area contributed by atoms with Crippen LogP contribution in [0.3, 0.4) is 0 Å². The number of ether oxygens (including phenoxy) is 1. The maximum absolute atomic E-state index is 5.72. The lowest BCUT2D eigenvalue weighted by atomic mass is 10.2. The third kappa shape index (κ3) is 5.20. The van der Waals surface area contributed by atoms with Crippen LogP contribution >= 0.6 is 9.07 Å². The van der Waals surface area contributed by atoms with Crippen molar-refractivity contribution in [2.75, 3.05) is 13.2 Å². The van der Waals surface area contributed by atoms with Gasteiger partial charge in [-0.25, -0.2) is 0 Å². The van der Waals surface area contributed by atoms with Crippen LogP contribution in [0.25, 0.3) is 0 Å². The van der Waals surface area contributed by atoms with Gasteiger partial charge in [0.1, 0.15) is 0 Å². The molecule has 0 aromatic heterocycles. The van der Waals surface area contributed by atoms with E-state index in [4.69, 9.17) is 13.8 Å². The minimum Gasteiger partial charge on any atom is -0.381 e. The van der Waals surface area contributed by atoms with Gasteiger partial charge < -0.3 is 13.8 Å². The van der Waals surface area contributed by atoms with E-state index >= 15 is 0 Å². The molecular weight excluding hydrogens is 208 g/mol. The fourth-order valence-electron chi connectivity index (χ4n) is 1.19. The Morgan fingerprint density at radius 1 is 1.14 bits per heavy atom. The van der Waals surface area contributed by atoms with Gasteiger partial charge in [-0.15, -0.1) is 3.69 Å². The van der Waals surface area contributed by atoms with Crippen LogP contribution in [0.2, 0.25) is 0 Å². The molecule has 0 N–H and O–H groups in total. The summed E-state index contributed by atoms with van der Waals surface area (Å²) in [4.78, 5) is 0. The Kier molecular flexibility index (Phi) is 6.61. The van der Waals surface area contributed by atoms with Gasteiger partial charge in [0, 0.05) is 13.2 Å². The molecule has 1 fully saturated rings. The van der Waals surface area contributed by atoms with Crippen LogP contribution in [0.4, 0.5) is 0 Å². The second kappa shape index (κ2) is 7.52. The van der Waals surface area contributed by atoms with Crippen LogP contribution in [-0.4, -0.2) is 32.5 Å². The maximum atomic E-state index is 5.72. The molecule has 1 saturated heterocycles. The van der Waals surface area contributed by atoms with Gasteiger partial charge in [0.15, 0.2) is 0 Å². The number of rotatable bonds is 1. The minimum absolute atomic E-state index is 0.453. The molecule has 1 aliphatic rings. The zero-order chi connectivity index (χ0) is 10.2. The SMILES string of the molecule is C1CCOC1.Cc1cc[c]([Mg][Cl])cc1. The Balaban J connectivity index is 0.000000165. The van der Waals surface area contributed by atoms with Gasteiger partial charge >= 0.3 is 19.3 Å². The first-order valence-corrected chi connectivity index (χ1v) is 7.86. The molecule has 14 heavy (non-hydrogen) atoms. The minimum atomic E-state index is -0.453. The molecule has 0 aliphatic carbocycles. The highest BCUT2D eigenvalue weighted by Crippen LogP contribution is 1.98. The topological polar surface area (TPSA) is 9.23 Å². The molecule has 1 aliphatic heterocycles. The Bertz CT molecular complexity index is 236. The molecule has 0 amide bonds. The Morgan fingerprint density at radius 2 is 1.71 bits per heavy atom.